The summed E-state index contributed by atoms with van der Waals surface area (Å²) in [7, 11) is 1.93. The lowest BCUT2D eigenvalue weighted by atomic mass is 10.2. The molecule has 102 valence electrons. The highest BCUT2D eigenvalue weighted by molar-refractivity contribution is 9.10. The summed E-state index contributed by atoms with van der Waals surface area (Å²) in [5.41, 5.74) is 1.13. The molecule has 1 aromatic carbocycles. The zero-order valence-corrected chi connectivity index (χ0v) is 12.8. The number of aryl methyl sites for hydroxylation is 1. The second-order valence-electron chi connectivity index (χ2n) is 4.20. The van der Waals surface area contributed by atoms with Gasteiger partial charge in [0.25, 0.3) is 0 Å². The second kappa shape index (κ2) is 6.73. The van der Waals surface area contributed by atoms with Crippen molar-refractivity contribution in [3.05, 3.63) is 46.5 Å². The van der Waals surface area contributed by atoms with Crippen molar-refractivity contribution in [2.24, 2.45) is 0 Å². The Balaban J connectivity index is 2.10. The minimum Gasteiger partial charge on any atom is -0.485 e. The summed E-state index contributed by atoms with van der Waals surface area (Å²) in [6, 6.07) is 6.04. The van der Waals surface area contributed by atoms with Gasteiger partial charge in [0, 0.05) is 35.5 Å². The molecule has 0 saturated heterocycles. The van der Waals surface area contributed by atoms with Crippen LogP contribution in [0.2, 0.25) is 0 Å². The van der Waals surface area contributed by atoms with E-state index in [-0.39, 0.29) is 0 Å². The van der Waals surface area contributed by atoms with E-state index in [2.05, 4.69) is 43.8 Å². The normalized spacial score (nSPS) is 10.7. The summed E-state index contributed by atoms with van der Waals surface area (Å²) in [5, 5.41) is 3.15. The number of imidazole rings is 1. The molecule has 1 N–H and O–H groups in total. The summed E-state index contributed by atoms with van der Waals surface area (Å²) in [6.45, 7) is 4.26. The van der Waals surface area contributed by atoms with E-state index in [1.54, 1.807) is 6.20 Å². The van der Waals surface area contributed by atoms with Gasteiger partial charge in [-0.25, -0.2) is 4.98 Å². The molecule has 4 nitrogen and oxygen atoms in total. The van der Waals surface area contributed by atoms with Gasteiger partial charge < -0.3 is 14.6 Å². The lowest BCUT2D eigenvalue weighted by molar-refractivity contribution is 0.286. The van der Waals surface area contributed by atoms with Crippen LogP contribution in [-0.2, 0) is 19.7 Å². The SMILES string of the molecule is CCn1ccnc1COc1ccc(Br)cc1CNC. The molecule has 2 rings (SSSR count). The first kappa shape index (κ1) is 14.1. The highest BCUT2D eigenvalue weighted by atomic mass is 79.9. The maximum atomic E-state index is 5.89. The molecule has 1 heterocycles. The van der Waals surface area contributed by atoms with Gasteiger partial charge in [-0.05, 0) is 32.2 Å². The first-order chi connectivity index (χ1) is 9.24. The van der Waals surface area contributed by atoms with Crippen molar-refractivity contribution >= 4 is 15.9 Å². The van der Waals surface area contributed by atoms with Crippen LogP contribution in [0.4, 0.5) is 0 Å². The zero-order chi connectivity index (χ0) is 13.7. The van der Waals surface area contributed by atoms with Gasteiger partial charge in [-0.15, -0.1) is 0 Å². The smallest absolute Gasteiger partial charge is 0.146 e. The van der Waals surface area contributed by atoms with Crippen molar-refractivity contribution in [3.63, 3.8) is 0 Å². The average Bonchev–Trinajstić information content (AvgIpc) is 2.85. The highest BCUT2D eigenvalue weighted by Gasteiger charge is 2.07. The largest absolute Gasteiger partial charge is 0.485 e. The van der Waals surface area contributed by atoms with Gasteiger partial charge in [0.1, 0.15) is 18.2 Å². The maximum Gasteiger partial charge on any atom is 0.146 e. The Kier molecular flexibility index (Phi) is 4.99. The van der Waals surface area contributed by atoms with Crippen LogP contribution >= 0.6 is 15.9 Å². The number of aromatic nitrogens is 2. The minimum absolute atomic E-state index is 0.485. The fourth-order valence-electron chi connectivity index (χ4n) is 1.93. The summed E-state index contributed by atoms with van der Waals surface area (Å²) in [4.78, 5) is 4.31. The first-order valence-electron chi connectivity index (χ1n) is 6.30. The molecule has 1 aromatic heterocycles. The number of ether oxygens (including phenoxy) is 1. The molecule has 0 aliphatic rings. The van der Waals surface area contributed by atoms with Crippen LogP contribution in [0.25, 0.3) is 0 Å². The summed E-state index contributed by atoms with van der Waals surface area (Å²) < 4.78 is 9.02. The molecule has 0 aliphatic carbocycles. The summed E-state index contributed by atoms with van der Waals surface area (Å²) >= 11 is 3.48. The number of hydrogen-bond donors (Lipinski definition) is 1. The molecule has 0 aliphatic heterocycles. The predicted octanol–water partition coefficient (Wildman–Crippen LogP) is 2.96. The van der Waals surface area contributed by atoms with E-state index in [0.717, 1.165) is 34.7 Å². The Bertz CT molecular complexity index is 539. The van der Waals surface area contributed by atoms with E-state index in [0.29, 0.717) is 6.61 Å². The molecular formula is C14H18BrN3O. The Morgan fingerprint density at radius 3 is 3.00 bits per heavy atom. The molecule has 0 saturated carbocycles. The lowest BCUT2D eigenvalue weighted by Crippen LogP contribution is -2.09. The molecule has 0 spiro atoms. The fraction of sp³-hybridized carbons (Fsp3) is 0.357. The number of nitrogens with zero attached hydrogens (tertiary/aromatic N) is 2. The van der Waals surface area contributed by atoms with Gasteiger partial charge >= 0.3 is 0 Å². The second-order valence-corrected chi connectivity index (χ2v) is 5.12. The summed E-state index contributed by atoms with van der Waals surface area (Å²) in [6.07, 6.45) is 3.77. The average molecular weight is 324 g/mol. The number of nitrogens with one attached hydrogen (secondary N) is 1. The van der Waals surface area contributed by atoms with Crippen molar-refractivity contribution in [3.8, 4) is 5.75 Å². The van der Waals surface area contributed by atoms with Crippen molar-refractivity contribution in [1.82, 2.24) is 14.9 Å². The van der Waals surface area contributed by atoms with E-state index in [1.807, 2.05) is 25.4 Å². The van der Waals surface area contributed by atoms with E-state index in [9.17, 15) is 0 Å². The van der Waals surface area contributed by atoms with Crippen LogP contribution in [0.1, 0.15) is 18.3 Å². The van der Waals surface area contributed by atoms with Crippen LogP contribution < -0.4 is 10.1 Å². The van der Waals surface area contributed by atoms with E-state index in [1.165, 1.54) is 0 Å². The Hall–Kier alpha value is -1.33. The lowest BCUT2D eigenvalue weighted by Gasteiger charge is -2.12. The monoisotopic (exact) mass is 323 g/mol. The van der Waals surface area contributed by atoms with Crippen molar-refractivity contribution in [1.29, 1.82) is 0 Å². The molecule has 19 heavy (non-hydrogen) atoms. The van der Waals surface area contributed by atoms with Gasteiger partial charge in [-0.1, -0.05) is 15.9 Å². The molecule has 0 radical (unpaired) electrons. The molecule has 0 unspecified atom stereocenters. The van der Waals surface area contributed by atoms with Gasteiger partial charge in [-0.3, -0.25) is 0 Å². The van der Waals surface area contributed by atoms with Crippen LogP contribution in [0, 0.1) is 0 Å². The number of benzene rings is 1. The maximum absolute atomic E-state index is 5.89. The molecule has 0 fully saturated rings. The number of rotatable bonds is 6. The molecular weight excluding hydrogens is 306 g/mol. The number of hydrogen-bond acceptors (Lipinski definition) is 3. The highest BCUT2D eigenvalue weighted by Crippen LogP contribution is 2.23. The van der Waals surface area contributed by atoms with Crippen LogP contribution in [0.15, 0.2) is 35.1 Å². The summed E-state index contributed by atoms with van der Waals surface area (Å²) in [5.74, 6) is 1.84. The van der Waals surface area contributed by atoms with Gasteiger partial charge in [0.05, 0.1) is 0 Å². The zero-order valence-electron chi connectivity index (χ0n) is 11.2. The van der Waals surface area contributed by atoms with E-state index in [4.69, 9.17) is 4.74 Å². The molecule has 5 heteroatoms. The topological polar surface area (TPSA) is 39.1 Å². The predicted molar refractivity (Wildman–Crippen MR) is 79.1 cm³/mol. The van der Waals surface area contributed by atoms with Crippen molar-refractivity contribution in [2.45, 2.75) is 26.6 Å². The molecule has 0 bridgehead atoms. The third kappa shape index (κ3) is 3.58. The van der Waals surface area contributed by atoms with E-state index < -0.39 is 0 Å². The molecule has 2 aromatic rings. The van der Waals surface area contributed by atoms with E-state index >= 15 is 0 Å². The molecule has 0 atom stereocenters. The van der Waals surface area contributed by atoms with Gasteiger partial charge in [-0.2, -0.15) is 0 Å². The fourth-order valence-corrected chi connectivity index (χ4v) is 2.34. The molecule has 0 amide bonds. The first-order valence-corrected chi connectivity index (χ1v) is 7.09. The standard InChI is InChI=1S/C14H18BrN3O/c1-3-18-7-6-17-14(18)10-19-13-5-4-12(15)8-11(13)9-16-2/h4-8,16H,3,9-10H2,1-2H3. The quantitative estimate of drug-likeness (QED) is 0.888. The third-order valence-corrected chi connectivity index (χ3v) is 3.38. The minimum atomic E-state index is 0.485. The third-order valence-electron chi connectivity index (χ3n) is 2.89. The van der Waals surface area contributed by atoms with Crippen LogP contribution in [0.5, 0.6) is 5.75 Å². The van der Waals surface area contributed by atoms with Gasteiger partial charge in [0.2, 0.25) is 0 Å². The Morgan fingerprint density at radius 2 is 2.26 bits per heavy atom. The van der Waals surface area contributed by atoms with Gasteiger partial charge in [0.15, 0.2) is 0 Å². The van der Waals surface area contributed by atoms with Crippen LogP contribution in [0.3, 0.4) is 0 Å². The Labute approximate surface area is 121 Å². The van der Waals surface area contributed by atoms with Crippen molar-refractivity contribution in [2.75, 3.05) is 7.05 Å². The van der Waals surface area contributed by atoms with Crippen molar-refractivity contribution < 1.29 is 4.74 Å². The number of halogens is 1. The Morgan fingerprint density at radius 1 is 1.42 bits per heavy atom. The van der Waals surface area contributed by atoms with Crippen LogP contribution in [-0.4, -0.2) is 16.6 Å².